The molecule has 1 N–H and O–H groups in total. The van der Waals surface area contributed by atoms with Gasteiger partial charge in [-0.05, 0) is 31.0 Å². The van der Waals surface area contributed by atoms with Crippen molar-refractivity contribution < 1.29 is 4.79 Å². The third-order valence-electron chi connectivity index (χ3n) is 3.02. The van der Waals surface area contributed by atoms with Gasteiger partial charge < -0.3 is 5.32 Å². The minimum atomic E-state index is -0.0853. The van der Waals surface area contributed by atoms with E-state index in [4.69, 9.17) is 0 Å². The smallest absolute Gasteiger partial charge is 0.253 e. The van der Waals surface area contributed by atoms with Crippen molar-refractivity contribution >= 4 is 21.8 Å². The lowest BCUT2D eigenvalue weighted by molar-refractivity contribution is 0.0940. The Morgan fingerprint density at radius 2 is 2.00 bits per heavy atom. The summed E-state index contributed by atoms with van der Waals surface area (Å²) in [5.74, 6) is -0.0853. The zero-order valence-corrected chi connectivity index (χ0v) is 12.9. The zero-order valence-electron chi connectivity index (χ0n) is 11.3. The number of carbonyl (C=O) groups excluding carboxylic acids is 1. The average Bonchev–Trinajstić information content (AvgIpc) is 2.48. The minimum Gasteiger partial charge on any atom is -0.348 e. The van der Waals surface area contributed by atoms with Gasteiger partial charge in [-0.1, -0.05) is 46.3 Å². The predicted molar refractivity (Wildman–Crippen MR) is 84.2 cm³/mol. The molecule has 1 heterocycles. The van der Waals surface area contributed by atoms with Crippen LogP contribution in [0, 0.1) is 6.92 Å². The molecule has 0 aliphatic rings. The molecule has 0 saturated heterocycles. The van der Waals surface area contributed by atoms with Crippen molar-refractivity contribution in [1.82, 2.24) is 10.3 Å². The fourth-order valence-corrected chi connectivity index (χ4v) is 2.30. The van der Waals surface area contributed by atoms with Crippen LogP contribution in [0.1, 0.15) is 21.6 Å². The highest BCUT2D eigenvalue weighted by molar-refractivity contribution is 9.09. The standard InChI is InChI=1S/C16H17BrN2O/c1-12-7-8-14(11-18-12)16(20)19-15(10-17)9-13-5-3-2-4-6-13/h2-8,11,15H,9-10H2,1H3,(H,19,20). The molecule has 2 aromatic rings. The molecule has 0 aliphatic heterocycles. The van der Waals surface area contributed by atoms with Crippen LogP contribution in [0.25, 0.3) is 0 Å². The molecule has 2 rings (SSSR count). The summed E-state index contributed by atoms with van der Waals surface area (Å²) >= 11 is 3.46. The van der Waals surface area contributed by atoms with E-state index in [1.165, 1.54) is 5.56 Å². The van der Waals surface area contributed by atoms with Gasteiger partial charge in [0, 0.05) is 23.3 Å². The number of pyridine rings is 1. The van der Waals surface area contributed by atoms with Crippen LogP contribution >= 0.6 is 15.9 Å². The Balaban J connectivity index is 1.99. The molecule has 3 nitrogen and oxygen atoms in total. The molecule has 0 radical (unpaired) electrons. The summed E-state index contributed by atoms with van der Waals surface area (Å²) in [6.07, 6.45) is 2.41. The van der Waals surface area contributed by atoms with E-state index in [2.05, 4.69) is 38.4 Å². The van der Waals surface area contributed by atoms with E-state index >= 15 is 0 Å². The second-order valence-electron chi connectivity index (χ2n) is 4.70. The van der Waals surface area contributed by atoms with Gasteiger partial charge >= 0.3 is 0 Å². The quantitative estimate of drug-likeness (QED) is 0.854. The first-order valence-corrected chi connectivity index (χ1v) is 7.64. The molecule has 1 aromatic carbocycles. The lowest BCUT2D eigenvalue weighted by Crippen LogP contribution is -2.37. The molecule has 1 amide bonds. The first-order chi connectivity index (χ1) is 9.69. The van der Waals surface area contributed by atoms with Gasteiger partial charge in [0.2, 0.25) is 0 Å². The normalized spacial score (nSPS) is 11.9. The summed E-state index contributed by atoms with van der Waals surface area (Å²) < 4.78 is 0. The highest BCUT2D eigenvalue weighted by Crippen LogP contribution is 2.07. The summed E-state index contributed by atoms with van der Waals surface area (Å²) in [5, 5.41) is 3.74. The van der Waals surface area contributed by atoms with Gasteiger partial charge in [0.25, 0.3) is 5.91 Å². The van der Waals surface area contributed by atoms with Crippen LogP contribution in [-0.2, 0) is 6.42 Å². The van der Waals surface area contributed by atoms with Crippen LogP contribution in [-0.4, -0.2) is 22.3 Å². The minimum absolute atomic E-state index is 0.0613. The van der Waals surface area contributed by atoms with E-state index in [0.717, 1.165) is 12.1 Å². The van der Waals surface area contributed by atoms with Gasteiger partial charge in [0.15, 0.2) is 0 Å². The SMILES string of the molecule is Cc1ccc(C(=O)NC(CBr)Cc2ccccc2)cn1. The Kier molecular flexibility index (Phi) is 5.30. The molecular formula is C16H17BrN2O. The molecule has 20 heavy (non-hydrogen) atoms. The third-order valence-corrected chi connectivity index (χ3v) is 3.80. The number of benzene rings is 1. The van der Waals surface area contributed by atoms with Crippen molar-refractivity contribution in [3.8, 4) is 0 Å². The Labute approximate surface area is 127 Å². The maximum Gasteiger partial charge on any atom is 0.253 e. The molecule has 0 spiro atoms. The van der Waals surface area contributed by atoms with E-state index in [0.29, 0.717) is 10.9 Å². The van der Waals surface area contributed by atoms with Gasteiger partial charge in [-0.15, -0.1) is 0 Å². The predicted octanol–water partition coefficient (Wildman–Crippen LogP) is 3.13. The van der Waals surface area contributed by atoms with Crippen LogP contribution in [0.3, 0.4) is 0 Å². The fourth-order valence-electron chi connectivity index (χ4n) is 1.91. The first-order valence-electron chi connectivity index (χ1n) is 6.52. The van der Waals surface area contributed by atoms with Crippen LogP contribution in [0.4, 0.5) is 0 Å². The average molecular weight is 333 g/mol. The zero-order chi connectivity index (χ0) is 14.4. The lowest BCUT2D eigenvalue weighted by Gasteiger charge is -2.16. The molecule has 0 saturated carbocycles. The maximum atomic E-state index is 12.1. The van der Waals surface area contributed by atoms with Crippen molar-refractivity contribution in [3.05, 3.63) is 65.5 Å². The molecular weight excluding hydrogens is 316 g/mol. The van der Waals surface area contributed by atoms with Crippen LogP contribution in [0.2, 0.25) is 0 Å². The Bertz CT molecular complexity index is 554. The summed E-state index contributed by atoms with van der Waals surface area (Å²) in [6.45, 7) is 1.90. The monoisotopic (exact) mass is 332 g/mol. The lowest BCUT2D eigenvalue weighted by atomic mass is 10.1. The maximum absolute atomic E-state index is 12.1. The van der Waals surface area contributed by atoms with Crippen molar-refractivity contribution in [1.29, 1.82) is 0 Å². The highest BCUT2D eigenvalue weighted by Gasteiger charge is 2.13. The Morgan fingerprint density at radius 1 is 1.25 bits per heavy atom. The molecule has 0 aliphatic carbocycles. The van der Waals surface area contributed by atoms with E-state index < -0.39 is 0 Å². The van der Waals surface area contributed by atoms with E-state index in [-0.39, 0.29) is 11.9 Å². The van der Waals surface area contributed by atoms with Crippen molar-refractivity contribution in [2.24, 2.45) is 0 Å². The summed E-state index contributed by atoms with van der Waals surface area (Å²) in [6, 6.07) is 13.8. The first kappa shape index (κ1) is 14.7. The number of rotatable bonds is 5. The number of aryl methyl sites for hydroxylation is 1. The number of aromatic nitrogens is 1. The number of hydrogen-bond donors (Lipinski definition) is 1. The third kappa shape index (κ3) is 4.17. The van der Waals surface area contributed by atoms with Gasteiger partial charge in [-0.3, -0.25) is 9.78 Å². The second-order valence-corrected chi connectivity index (χ2v) is 5.35. The number of halogens is 1. The molecule has 1 atom stereocenters. The molecule has 0 bridgehead atoms. The van der Waals surface area contributed by atoms with Gasteiger partial charge in [0.05, 0.1) is 5.56 Å². The number of amides is 1. The second kappa shape index (κ2) is 7.20. The van der Waals surface area contributed by atoms with Crippen LogP contribution < -0.4 is 5.32 Å². The topological polar surface area (TPSA) is 42.0 Å². The molecule has 1 aromatic heterocycles. The number of hydrogen-bond acceptors (Lipinski definition) is 2. The summed E-state index contributed by atoms with van der Waals surface area (Å²) in [7, 11) is 0. The van der Waals surface area contributed by atoms with E-state index in [1.807, 2.05) is 31.2 Å². The van der Waals surface area contributed by atoms with Crippen molar-refractivity contribution in [3.63, 3.8) is 0 Å². The number of nitrogens with zero attached hydrogens (tertiary/aromatic N) is 1. The Hall–Kier alpha value is -1.68. The largest absolute Gasteiger partial charge is 0.348 e. The van der Waals surface area contributed by atoms with Gasteiger partial charge in [-0.25, -0.2) is 0 Å². The van der Waals surface area contributed by atoms with E-state index in [9.17, 15) is 4.79 Å². The highest BCUT2D eigenvalue weighted by atomic mass is 79.9. The molecule has 1 unspecified atom stereocenters. The van der Waals surface area contributed by atoms with Gasteiger partial charge in [-0.2, -0.15) is 0 Å². The molecule has 104 valence electrons. The van der Waals surface area contributed by atoms with Crippen LogP contribution in [0.5, 0.6) is 0 Å². The Morgan fingerprint density at radius 3 is 2.60 bits per heavy atom. The van der Waals surface area contributed by atoms with Gasteiger partial charge in [0.1, 0.15) is 0 Å². The summed E-state index contributed by atoms with van der Waals surface area (Å²) in [5.41, 5.74) is 2.71. The molecule has 0 fully saturated rings. The van der Waals surface area contributed by atoms with Crippen LogP contribution in [0.15, 0.2) is 48.7 Å². The van der Waals surface area contributed by atoms with Crippen molar-refractivity contribution in [2.45, 2.75) is 19.4 Å². The van der Waals surface area contributed by atoms with E-state index in [1.54, 1.807) is 12.3 Å². The molecule has 4 heteroatoms. The number of alkyl halides is 1. The summed E-state index contributed by atoms with van der Waals surface area (Å²) in [4.78, 5) is 16.3. The number of carbonyl (C=O) groups is 1. The van der Waals surface area contributed by atoms with Crippen molar-refractivity contribution in [2.75, 3.05) is 5.33 Å². The fraction of sp³-hybridized carbons (Fsp3) is 0.250. The number of nitrogens with one attached hydrogen (secondary N) is 1.